The summed E-state index contributed by atoms with van der Waals surface area (Å²) in [5.41, 5.74) is 0.876. The van der Waals surface area contributed by atoms with E-state index in [0.717, 1.165) is 4.88 Å². The molecule has 0 atom stereocenters. The number of carbonyl (C=O) groups is 1. The second-order valence-electron chi connectivity index (χ2n) is 4.19. The van der Waals surface area contributed by atoms with E-state index in [-0.39, 0.29) is 5.75 Å². The van der Waals surface area contributed by atoms with Gasteiger partial charge >= 0.3 is 12.6 Å². The fourth-order valence-electron chi connectivity index (χ4n) is 1.72. The standard InChI is InChI=1S/C14H14F2N2O2S/c1-9-11(5-2-6-12(9)20-13(15)16)18-14(19)17-8-10-4-3-7-21-10/h2-7,13H,8H2,1H3,(H2,17,18,19). The zero-order valence-electron chi connectivity index (χ0n) is 11.2. The zero-order valence-corrected chi connectivity index (χ0v) is 12.0. The van der Waals surface area contributed by atoms with Crippen LogP contribution in [0.1, 0.15) is 10.4 Å². The number of halogens is 2. The fourth-order valence-corrected chi connectivity index (χ4v) is 2.37. The van der Waals surface area contributed by atoms with Crippen LogP contribution in [0.5, 0.6) is 5.75 Å². The van der Waals surface area contributed by atoms with E-state index in [1.54, 1.807) is 19.1 Å². The molecule has 0 aliphatic rings. The number of urea groups is 1. The van der Waals surface area contributed by atoms with Gasteiger partial charge in [-0.3, -0.25) is 0 Å². The molecule has 1 aromatic carbocycles. The highest BCUT2D eigenvalue weighted by Gasteiger charge is 2.11. The highest BCUT2D eigenvalue weighted by atomic mass is 32.1. The van der Waals surface area contributed by atoms with Crippen LogP contribution in [-0.4, -0.2) is 12.6 Å². The molecule has 0 fully saturated rings. The van der Waals surface area contributed by atoms with E-state index in [9.17, 15) is 13.6 Å². The van der Waals surface area contributed by atoms with Crippen molar-refractivity contribution in [3.63, 3.8) is 0 Å². The van der Waals surface area contributed by atoms with Crippen molar-refractivity contribution in [1.82, 2.24) is 5.32 Å². The van der Waals surface area contributed by atoms with Crippen LogP contribution in [0.25, 0.3) is 0 Å². The van der Waals surface area contributed by atoms with Gasteiger partial charge < -0.3 is 15.4 Å². The minimum Gasteiger partial charge on any atom is -0.434 e. The van der Waals surface area contributed by atoms with Crippen molar-refractivity contribution >= 4 is 23.1 Å². The quantitative estimate of drug-likeness (QED) is 0.877. The third kappa shape index (κ3) is 4.42. The SMILES string of the molecule is Cc1c(NC(=O)NCc2cccs2)cccc1OC(F)F. The Balaban J connectivity index is 1.97. The summed E-state index contributed by atoms with van der Waals surface area (Å²) in [5.74, 6) is 0.0426. The largest absolute Gasteiger partial charge is 0.434 e. The van der Waals surface area contributed by atoms with Crippen LogP contribution in [0.4, 0.5) is 19.3 Å². The number of hydrogen-bond acceptors (Lipinski definition) is 3. The molecular formula is C14H14F2N2O2S. The molecule has 0 bridgehead atoms. The summed E-state index contributed by atoms with van der Waals surface area (Å²) in [6.07, 6.45) is 0. The van der Waals surface area contributed by atoms with Gasteiger partial charge in [0.05, 0.1) is 6.54 Å². The number of benzene rings is 1. The Labute approximate surface area is 124 Å². The van der Waals surface area contributed by atoms with Crippen LogP contribution >= 0.6 is 11.3 Å². The molecule has 7 heteroatoms. The number of alkyl halides is 2. The van der Waals surface area contributed by atoms with Crippen molar-refractivity contribution in [2.24, 2.45) is 0 Å². The van der Waals surface area contributed by atoms with Gasteiger partial charge in [-0.1, -0.05) is 12.1 Å². The van der Waals surface area contributed by atoms with Gasteiger partial charge in [-0.15, -0.1) is 11.3 Å². The lowest BCUT2D eigenvalue weighted by Crippen LogP contribution is -2.28. The summed E-state index contributed by atoms with van der Waals surface area (Å²) in [4.78, 5) is 12.8. The van der Waals surface area contributed by atoms with Gasteiger partial charge in [0.15, 0.2) is 0 Å². The van der Waals surface area contributed by atoms with Crippen LogP contribution in [0, 0.1) is 6.92 Å². The lowest BCUT2D eigenvalue weighted by molar-refractivity contribution is -0.0502. The second kappa shape index (κ2) is 7.03. The van der Waals surface area contributed by atoms with E-state index in [1.807, 2.05) is 17.5 Å². The number of carbonyl (C=O) groups excluding carboxylic acids is 1. The first-order valence-corrected chi connectivity index (χ1v) is 7.06. The van der Waals surface area contributed by atoms with Crippen molar-refractivity contribution in [1.29, 1.82) is 0 Å². The Morgan fingerprint density at radius 1 is 1.33 bits per heavy atom. The molecule has 2 amide bonds. The molecule has 2 rings (SSSR count). The van der Waals surface area contributed by atoms with Gasteiger partial charge in [0.1, 0.15) is 5.75 Å². The maximum atomic E-state index is 12.3. The summed E-state index contributed by atoms with van der Waals surface area (Å²) >= 11 is 1.54. The maximum Gasteiger partial charge on any atom is 0.387 e. The monoisotopic (exact) mass is 312 g/mol. The molecule has 0 radical (unpaired) electrons. The smallest absolute Gasteiger partial charge is 0.387 e. The molecular weight excluding hydrogens is 298 g/mol. The van der Waals surface area contributed by atoms with Gasteiger partial charge in [0.2, 0.25) is 0 Å². The molecule has 112 valence electrons. The van der Waals surface area contributed by atoms with Crippen molar-refractivity contribution in [2.45, 2.75) is 20.1 Å². The summed E-state index contributed by atoms with van der Waals surface area (Å²) in [7, 11) is 0. The number of hydrogen-bond donors (Lipinski definition) is 2. The Bertz CT molecular complexity index is 603. The summed E-state index contributed by atoms with van der Waals surface area (Å²) in [6.45, 7) is -0.880. The first-order chi connectivity index (χ1) is 10.1. The van der Waals surface area contributed by atoms with Gasteiger partial charge in [0, 0.05) is 16.1 Å². The molecule has 0 aliphatic heterocycles. The number of ether oxygens (including phenoxy) is 1. The van der Waals surface area contributed by atoms with E-state index in [1.165, 1.54) is 17.4 Å². The topological polar surface area (TPSA) is 50.4 Å². The first-order valence-electron chi connectivity index (χ1n) is 6.18. The molecule has 4 nitrogen and oxygen atoms in total. The number of rotatable bonds is 5. The van der Waals surface area contributed by atoms with E-state index in [0.29, 0.717) is 17.8 Å². The fraction of sp³-hybridized carbons (Fsp3) is 0.214. The Morgan fingerprint density at radius 2 is 2.14 bits per heavy atom. The molecule has 2 aromatic rings. The average molecular weight is 312 g/mol. The van der Waals surface area contributed by atoms with Crippen molar-refractivity contribution in [2.75, 3.05) is 5.32 Å². The molecule has 0 saturated carbocycles. The Kier molecular flexibility index (Phi) is 5.10. The number of thiophene rings is 1. The van der Waals surface area contributed by atoms with E-state index >= 15 is 0 Å². The molecule has 21 heavy (non-hydrogen) atoms. The summed E-state index contributed by atoms with van der Waals surface area (Å²) in [5, 5.41) is 7.23. The number of anilines is 1. The Hall–Kier alpha value is -2.15. The average Bonchev–Trinajstić information content (AvgIpc) is 2.94. The van der Waals surface area contributed by atoms with Crippen LogP contribution in [-0.2, 0) is 6.54 Å². The maximum absolute atomic E-state index is 12.3. The highest BCUT2D eigenvalue weighted by molar-refractivity contribution is 7.09. The van der Waals surface area contributed by atoms with Crippen molar-refractivity contribution in [3.8, 4) is 5.75 Å². The minimum absolute atomic E-state index is 0.0426. The molecule has 1 aromatic heterocycles. The predicted octanol–water partition coefficient (Wildman–Crippen LogP) is 3.98. The van der Waals surface area contributed by atoms with E-state index in [2.05, 4.69) is 15.4 Å². The van der Waals surface area contributed by atoms with Crippen LogP contribution in [0.3, 0.4) is 0 Å². The van der Waals surface area contributed by atoms with Crippen LogP contribution in [0.15, 0.2) is 35.7 Å². The van der Waals surface area contributed by atoms with Gasteiger partial charge in [0.25, 0.3) is 0 Å². The van der Waals surface area contributed by atoms with Crippen LogP contribution in [0.2, 0.25) is 0 Å². The highest BCUT2D eigenvalue weighted by Crippen LogP contribution is 2.26. The molecule has 0 unspecified atom stereocenters. The van der Waals surface area contributed by atoms with E-state index < -0.39 is 12.6 Å². The summed E-state index contributed by atoms with van der Waals surface area (Å²) < 4.78 is 28.9. The Morgan fingerprint density at radius 3 is 2.81 bits per heavy atom. The predicted molar refractivity (Wildman–Crippen MR) is 78.0 cm³/mol. The third-order valence-electron chi connectivity index (χ3n) is 2.75. The van der Waals surface area contributed by atoms with E-state index in [4.69, 9.17) is 0 Å². The normalized spacial score (nSPS) is 10.5. The minimum atomic E-state index is -2.90. The lowest BCUT2D eigenvalue weighted by atomic mass is 10.2. The lowest BCUT2D eigenvalue weighted by Gasteiger charge is -2.13. The zero-order chi connectivity index (χ0) is 15.2. The number of nitrogens with one attached hydrogen (secondary N) is 2. The molecule has 1 heterocycles. The number of amides is 2. The molecule has 0 saturated heterocycles. The molecule has 0 spiro atoms. The summed E-state index contributed by atoms with van der Waals surface area (Å²) in [6, 6.07) is 8.00. The third-order valence-corrected chi connectivity index (χ3v) is 3.63. The second-order valence-corrected chi connectivity index (χ2v) is 5.23. The first kappa shape index (κ1) is 15.2. The molecule has 2 N–H and O–H groups in total. The van der Waals surface area contributed by atoms with Crippen LogP contribution < -0.4 is 15.4 Å². The van der Waals surface area contributed by atoms with Gasteiger partial charge in [-0.05, 0) is 30.5 Å². The van der Waals surface area contributed by atoms with Crippen molar-refractivity contribution in [3.05, 3.63) is 46.2 Å². The molecule has 0 aliphatic carbocycles. The van der Waals surface area contributed by atoms with Gasteiger partial charge in [-0.25, -0.2) is 4.79 Å². The van der Waals surface area contributed by atoms with Gasteiger partial charge in [-0.2, -0.15) is 8.78 Å². The van der Waals surface area contributed by atoms with Crippen molar-refractivity contribution < 1.29 is 18.3 Å².